The molecule has 0 radical (unpaired) electrons. The van der Waals surface area contributed by atoms with Gasteiger partial charge in [0.15, 0.2) is 0 Å². The molecule has 11 heavy (non-hydrogen) atoms. The third-order valence-electron chi connectivity index (χ3n) is 1.55. The number of hydrogen-bond donors (Lipinski definition) is 2. The van der Waals surface area contributed by atoms with Gasteiger partial charge < -0.3 is 15.6 Å². The summed E-state index contributed by atoms with van der Waals surface area (Å²) in [7, 11) is 2.02. The molecule has 0 bridgehead atoms. The van der Waals surface area contributed by atoms with Crippen molar-refractivity contribution in [3.8, 4) is 0 Å². The van der Waals surface area contributed by atoms with E-state index < -0.39 is 0 Å². The van der Waals surface area contributed by atoms with Gasteiger partial charge in [0.25, 0.3) is 0 Å². The quantitative estimate of drug-likeness (QED) is 0.674. The summed E-state index contributed by atoms with van der Waals surface area (Å²) < 4.78 is 0. The van der Waals surface area contributed by atoms with Crippen molar-refractivity contribution < 1.29 is 0 Å². The highest BCUT2D eigenvalue weighted by Crippen LogP contribution is 2.06. The molecule has 1 rings (SSSR count). The normalized spacial score (nSPS) is 13.0. The van der Waals surface area contributed by atoms with Crippen LogP contribution in [0, 0.1) is 0 Å². The minimum absolute atomic E-state index is 0.211. The SMILES string of the molecule is CC(N)CN(C)c1ccc[nH]1. The van der Waals surface area contributed by atoms with Crippen molar-refractivity contribution in [1.82, 2.24) is 4.98 Å². The van der Waals surface area contributed by atoms with Crippen LogP contribution in [0.1, 0.15) is 6.92 Å². The van der Waals surface area contributed by atoms with Gasteiger partial charge in [-0.25, -0.2) is 0 Å². The van der Waals surface area contributed by atoms with Crippen molar-refractivity contribution in [1.29, 1.82) is 0 Å². The van der Waals surface area contributed by atoms with Crippen molar-refractivity contribution in [2.75, 3.05) is 18.5 Å². The fourth-order valence-corrected chi connectivity index (χ4v) is 1.09. The third-order valence-corrected chi connectivity index (χ3v) is 1.55. The van der Waals surface area contributed by atoms with E-state index in [1.807, 2.05) is 32.3 Å². The van der Waals surface area contributed by atoms with E-state index in [0.29, 0.717) is 0 Å². The van der Waals surface area contributed by atoms with Crippen molar-refractivity contribution in [3.05, 3.63) is 18.3 Å². The number of aromatic amines is 1. The summed E-state index contributed by atoms with van der Waals surface area (Å²) in [5.41, 5.74) is 5.64. The van der Waals surface area contributed by atoms with E-state index in [9.17, 15) is 0 Å². The van der Waals surface area contributed by atoms with Gasteiger partial charge in [0, 0.05) is 25.8 Å². The van der Waals surface area contributed by atoms with Crippen molar-refractivity contribution in [2.24, 2.45) is 5.73 Å². The molecule has 1 aromatic heterocycles. The van der Waals surface area contributed by atoms with E-state index >= 15 is 0 Å². The zero-order chi connectivity index (χ0) is 8.27. The molecule has 0 aromatic carbocycles. The molecule has 0 fully saturated rings. The Kier molecular flexibility index (Phi) is 2.54. The molecular formula is C8H15N3. The van der Waals surface area contributed by atoms with E-state index in [2.05, 4.69) is 9.88 Å². The van der Waals surface area contributed by atoms with Crippen LogP contribution in [-0.2, 0) is 0 Å². The monoisotopic (exact) mass is 153 g/mol. The van der Waals surface area contributed by atoms with Crippen molar-refractivity contribution in [3.63, 3.8) is 0 Å². The topological polar surface area (TPSA) is 45.0 Å². The Morgan fingerprint density at radius 3 is 2.91 bits per heavy atom. The lowest BCUT2D eigenvalue weighted by molar-refractivity contribution is 0.713. The van der Waals surface area contributed by atoms with E-state index in [-0.39, 0.29) is 6.04 Å². The molecule has 0 aliphatic carbocycles. The Balaban J connectivity index is 2.49. The van der Waals surface area contributed by atoms with Gasteiger partial charge >= 0.3 is 0 Å². The number of anilines is 1. The first-order chi connectivity index (χ1) is 5.20. The van der Waals surface area contributed by atoms with Crippen LogP contribution in [-0.4, -0.2) is 24.6 Å². The first kappa shape index (κ1) is 8.14. The van der Waals surface area contributed by atoms with Gasteiger partial charge in [-0.1, -0.05) is 0 Å². The summed E-state index contributed by atoms with van der Waals surface area (Å²) in [4.78, 5) is 5.21. The molecule has 3 N–H and O–H groups in total. The van der Waals surface area contributed by atoms with Gasteiger partial charge in [0.2, 0.25) is 0 Å². The second kappa shape index (κ2) is 3.44. The van der Waals surface area contributed by atoms with E-state index in [1.165, 1.54) is 0 Å². The molecule has 0 saturated heterocycles. The summed E-state index contributed by atoms with van der Waals surface area (Å²) in [6.45, 7) is 2.87. The lowest BCUT2D eigenvalue weighted by Gasteiger charge is -2.19. The highest BCUT2D eigenvalue weighted by molar-refractivity contribution is 5.37. The van der Waals surface area contributed by atoms with Gasteiger partial charge in [0.05, 0.1) is 0 Å². The van der Waals surface area contributed by atoms with Gasteiger partial charge in [-0.2, -0.15) is 0 Å². The Labute approximate surface area is 67.2 Å². The third kappa shape index (κ3) is 2.27. The number of nitrogens with one attached hydrogen (secondary N) is 1. The Bertz CT molecular complexity index is 191. The van der Waals surface area contributed by atoms with E-state index in [1.54, 1.807) is 0 Å². The average molecular weight is 153 g/mol. The molecule has 0 aliphatic rings. The Hall–Kier alpha value is -0.960. The molecule has 0 saturated carbocycles. The number of nitrogens with two attached hydrogens (primary N) is 1. The standard InChI is InChI=1S/C8H15N3/c1-7(9)6-11(2)8-4-3-5-10-8/h3-5,7,10H,6,9H2,1-2H3. The Morgan fingerprint density at radius 1 is 1.73 bits per heavy atom. The van der Waals surface area contributed by atoms with Crippen molar-refractivity contribution in [2.45, 2.75) is 13.0 Å². The number of nitrogens with zero attached hydrogens (tertiary/aromatic N) is 1. The van der Waals surface area contributed by atoms with Crippen LogP contribution in [0.4, 0.5) is 5.82 Å². The molecule has 0 spiro atoms. The molecule has 1 atom stereocenters. The molecule has 3 nitrogen and oxygen atoms in total. The van der Waals surface area contributed by atoms with Crippen LogP contribution in [0.2, 0.25) is 0 Å². The molecule has 62 valence electrons. The predicted octanol–water partition coefficient (Wildman–Crippen LogP) is 0.798. The fourth-order valence-electron chi connectivity index (χ4n) is 1.09. The molecule has 1 heterocycles. The number of aromatic nitrogens is 1. The lowest BCUT2D eigenvalue weighted by Crippen LogP contribution is -2.32. The summed E-state index contributed by atoms with van der Waals surface area (Å²) in [5, 5.41) is 0. The number of rotatable bonds is 3. The molecule has 3 heteroatoms. The second-order valence-electron chi connectivity index (χ2n) is 2.91. The summed E-state index contributed by atoms with van der Waals surface area (Å²) in [6.07, 6.45) is 1.91. The summed E-state index contributed by atoms with van der Waals surface area (Å²) >= 11 is 0. The van der Waals surface area contributed by atoms with Crippen LogP contribution >= 0.6 is 0 Å². The zero-order valence-electron chi connectivity index (χ0n) is 7.04. The van der Waals surface area contributed by atoms with Crippen LogP contribution in [0.5, 0.6) is 0 Å². The molecule has 0 amide bonds. The number of likely N-dealkylation sites (N-methyl/N-ethyl adjacent to an activating group) is 1. The molecule has 0 aliphatic heterocycles. The lowest BCUT2D eigenvalue weighted by atomic mass is 10.3. The minimum atomic E-state index is 0.211. The van der Waals surface area contributed by atoms with Crippen LogP contribution in [0.15, 0.2) is 18.3 Å². The summed E-state index contributed by atoms with van der Waals surface area (Å²) in [6, 6.07) is 4.22. The maximum absolute atomic E-state index is 5.64. The first-order valence-electron chi connectivity index (χ1n) is 3.80. The molecule has 1 aromatic rings. The molecule has 1 unspecified atom stereocenters. The smallest absolute Gasteiger partial charge is 0.105 e. The van der Waals surface area contributed by atoms with Crippen LogP contribution < -0.4 is 10.6 Å². The Morgan fingerprint density at radius 2 is 2.45 bits per heavy atom. The number of H-pyrrole nitrogens is 1. The number of hydrogen-bond acceptors (Lipinski definition) is 2. The highest BCUT2D eigenvalue weighted by Gasteiger charge is 2.02. The predicted molar refractivity (Wildman–Crippen MR) is 47.7 cm³/mol. The zero-order valence-corrected chi connectivity index (χ0v) is 7.04. The minimum Gasteiger partial charge on any atom is -0.360 e. The first-order valence-corrected chi connectivity index (χ1v) is 3.80. The van der Waals surface area contributed by atoms with Crippen LogP contribution in [0.3, 0.4) is 0 Å². The van der Waals surface area contributed by atoms with Gasteiger partial charge in [-0.3, -0.25) is 0 Å². The largest absolute Gasteiger partial charge is 0.360 e. The van der Waals surface area contributed by atoms with E-state index in [0.717, 1.165) is 12.4 Å². The fraction of sp³-hybridized carbons (Fsp3) is 0.500. The van der Waals surface area contributed by atoms with E-state index in [4.69, 9.17) is 5.73 Å². The summed E-state index contributed by atoms with van der Waals surface area (Å²) in [5.74, 6) is 1.11. The maximum atomic E-state index is 5.64. The maximum Gasteiger partial charge on any atom is 0.105 e. The van der Waals surface area contributed by atoms with Crippen LogP contribution in [0.25, 0.3) is 0 Å². The van der Waals surface area contributed by atoms with Gasteiger partial charge in [-0.05, 0) is 19.1 Å². The molecular weight excluding hydrogens is 138 g/mol. The second-order valence-corrected chi connectivity index (χ2v) is 2.91. The van der Waals surface area contributed by atoms with Crippen molar-refractivity contribution >= 4 is 5.82 Å². The highest BCUT2D eigenvalue weighted by atomic mass is 15.2. The van der Waals surface area contributed by atoms with Gasteiger partial charge in [-0.15, -0.1) is 0 Å². The average Bonchev–Trinajstić information content (AvgIpc) is 2.35. The van der Waals surface area contributed by atoms with Gasteiger partial charge in [0.1, 0.15) is 5.82 Å².